The summed E-state index contributed by atoms with van der Waals surface area (Å²) in [6.07, 6.45) is 0. The number of carbonyl (C=O) groups is 1. The molecule has 7 heteroatoms. The first kappa shape index (κ1) is 8.60. The van der Waals surface area contributed by atoms with Crippen LogP contribution in [0.25, 0.3) is 0 Å². The molecule has 0 aromatic carbocycles. The summed E-state index contributed by atoms with van der Waals surface area (Å²) >= 11 is 3.49. The standard InChI is InChI=1S/C5H4N2O4S/c8-3-1-2(4(9)10)6-5(11)7(3)12/h1,12H,(H,6,11)(H,9,10). The fourth-order valence-electron chi connectivity index (χ4n) is 0.604. The van der Waals surface area contributed by atoms with Gasteiger partial charge in [-0.25, -0.2) is 13.6 Å². The topological polar surface area (TPSA) is 92.2 Å². The van der Waals surface area contributed by atoms with Gasteiger partial charge >= 0.3 is 11.7 Å². The van der Waals surface area contributed by atoms with Crippen molar-refractivity contribution >= 4 is 18.8 Å². The molecule has 0 unspecified atom stereocenters. The molecule has 1 aromatic heterocycles. The number of H-pyrrole nitrogens is 1. The van der Waals surface area contributed by atoms with Crippen LogP contribution in [0.4, 0.5) is 0 Å². The van der Waals surface area contributed by atoms with Crippen molar-refractivity contribution in [2.75, 3.05) is 0 Å². The van der Waals surface area contributed by atoms with Gasteiger partial charge in [0.2, 0.25) is 0 Å². The highest BCUT2D eigenvalue weighted by atomic mass is 32.1. The number of hydrogen-bond acceptors (Lipinski definition) is 4. The predicted octanol–water partition coefficient (Wildman–Crippen LogP) is -1.07. The van der Waals surface area contributed by atoms with Gasteiger partial charge in [-0.3, -0.25) is 4.79 Å². The Kier molecular flexibility index (Phi) is 2.05. The average molecular weight is 188 g/mol. The smallest absolute Gasteiger partial charge is 0.352 e. The lowest BCUT2D eigenvalue weighted by Gasteiger charge is -1.94. The van der Waals surface area contributed by atoms with Crippen LogP contribution in [0.15, 0.2) is 15.7 Å². The largest absolute Gasteiger partial charge is 0.477 e. The van der Waals surface area contributed by atoms with E-state index in [-0.39, 0.29) is 0 Å². The molecule has 1 rings (SSSR count). The van der Waals surface area contributed by atoms with Gasteiger partial charge in [0.25, 0.3) is 5.56 Å². The van der Waals surface area contributed by atoms with Gasteiger partial charge in [0, 0.05) is 6.07 Å². The lowest BCUT2D eigenvalue weighted by atomic mass is 10.4. The van der Waals surface area contributed by atoms with Crippen molar-refractivity contribution < 1.29 is 9.90 Å². The van der Waals surface area contributed by atoms with Crippen LogP contribution in [0.1, 0.15) is 10.5 Å². The van der Waals surface area contributed by atoms with E-state index < -0.39 is 22.9 Å². The molecule has 0 aliphatic rings. The van der Waals surface area contributed by atoms with Crippen molar-refractivity contribution in [3.05, 3.63) is 32.6 Å². The van der Waals surface area contributed by atoms with E-state index in [4.69, 9.17) is 5.11 Å². The number of nitrogens with one attached hydrogen (secondary N) is 1. The molecular weight excluding hydrogens is 184 g/mol. The minimum absolute atomic E-state index is 0.449. The molecule has 2 N–H and O–H groups in total. The van der Waals surface area contributed by atoms with E-state index in [0.29, 0.717) is 3.97 Å². The average Bonchev–Trinajstić information content (AvgIpc) is 1.99. The highest BCUT2D eigenvalue weighted by Gasteiger charge is 2.06. The Labute approximate surface area is 71.0 Å². The highest BCUT2D eigenvalue weighted by Crippen LogP contribution is 1.84. The van der Waals surface area contributed by atoms with E-state index in [2.05, 4.69) is 12.8 Å². The van der Waals surface area contributed by atoms with Gasteiger partial charge < -0.3 is 10.1 Å². The third-order valence-corrected chi connectivity index (χ3v) is 1.52. The van der Waals surface area contributed by atoms with Gasteiger partial charge in [-0.2, -0.15) is 0 Å². The predicted molar refractivity (Wildman–Crippen MR) is 42.7 cm³/mol. The van der Waals surface area contributed by atoms with E-state index in [0.717, 1.165) is 6.07 Å². The first-order chi connectivity index (χ1) is 5.52. The second-order valence-corrected chi connectivity index (χ2v) is 2.34. The monoisotopic (exact) mass is 188 g/mol. The van der Waals surface area contributed by atoms with Crippen molar-refractivity contribution in [1.29, 1.82) is 0 Å². The molecule has 0 atom stereocenters. The number of aromatic nitrogens is 2. The lowest BCUT2D eigenvalue weighted by molar-refractivity contribution is 0.0689. The maximum Gasteiger partial charge on any atom is 0.352 e. The minimum atomic E-state index is -1.36. The number of aromatic amines is 1. The van der Waals surface area contributed by atoms with Crippen molar-refractivity contribution in [1.82, 2.24) is 8.96 Å². The molecule has 12 heavy (non-hydrogen) atoms. The van der Waals surface area contributed by atoms with Crippen LogP contribution in [0, 0.1) is 0 Å². The molecule has 0 saturated heterocycles. The van der Waals surface area contributed by atoms with Crippen LogP contribution in [-0.2, 0) is 0 Å². The van der Waals surface area contributed by atoms with Gasteiger partial charge in [-0.15, -0.1) is 0 Å². The second-order valence-electron chi connectivity index (χ2n) is 1.94. The van der Waals surface area contributed by atoms with Crippen LogP contribution in [0.3, 0.4) is 0 Å². The minimum Gasteiger partial charge on any atom is -0.477 e. The molecular formula is C5H4N2O4S. The summed E-state index contributed by atoms with van der Waals surface area (Å²) < 4.78 is 0.479. The maximum atomic E-state index is 10.8. The molecule has 0 fully saturated rings. The number of thiol groups is 1. The van der Waals surface area contributed by atoms with Gasteiger partial charge in [-0.05, 0) is 0 Å². The van der Waals surface area contributed by atoms with Crippen LogP contribution >= 0.6 is 12.8 Å². The Hall–Kier alpha value is -1.50. The Morgan fingerprint density at radius 1 is 1.58 bits per heavy atom. The van der Waals surface area contributed by atoms with E-state index in [9.17, 15) is 14.4 Å². The molecule has 0 aliphatic carbocycles. The van der Waals surface area contributed by atoms with E-state index in [1.165, 1.54) is 0 Å². The molecule has 0 aliphatic heterocycles. The summed E-state index contributed by atoms with van der Waals surface area (Å²) in [5.41, 5.74) is -2.10. The summed E-state index contributed by atoms with van der Waals surface area (Å²) in [5, 5.41) is 8.38. The molecule has 0 spiro atoms. The zero-order chi connectivity index (χ0) is 9.30. The second kappa shape index (κ2) is 2.86. The number of aromatic carboxylic acids is 1. The van der Waals surface area contributed by atoms with Crippen molar-refractivity contribution in [2.45, 2.75) is 0 Å². The lowest BCUT2D eigenvalue weighted by Crippen LogP contribution is -2.31. The quantitative estimate of drug-likeness (QED) is 0.489. The Morgan fingerprint density at radius 2 is 2.17 bits per heavy atom. The summed E-state index contributed by atoms with van der Waals surface area (Å²) in [5.74, 6) is -1.36. The fourth-order valence-corrected chi connectivity index (χ4v) is 0.712. The molecule has 0 bridgehead atoms. The van der Waals surface area contributed by atoms with Crippen LogP contribution in [0.5, 0.6) is 0 Å². The van der Waals surface area contributed by atoms with E-state index in [1.54, 1.807) is 0 Å². The Bertz CT molecular complexity index is 401. The fraction of sp³-hybridized carbons (Fsp3) is 0. The van der Waals surface area contributed by atoms with Crippen molar-refractivity contribution in [2.24, 2.45) is 0 Å². The number of rotatable bonds is 1. The summed E-state index contributed by atoms with van der Waals surface area (Å²) in [7, 11) is 0. The van der Waals surface area contributed by atoms with E-state index in [1.807, 2.05) is 4.98 Å². The zero-order valence-electron chi connectivity index (χ0n) is 5.64. The molecule has 6 nitrogen and oxygen atoms in total. The number of carboxylic acid groups (broad SMARTS) is 1. The molecule has 64 valence electrons. The normalized spacial score (nSPS) is 9.75. The Balaban J connectivity index is 3.52. The number of nitrogens with zero attached hydrogens (tertiary/aromatic N) is 1. The number of hydrogen-bond donors (Lipinski definition) is 3. The third kappa shape index (κ3) is 1.40. The molecule has 1 heterocycles. The SMILES string of the molecule is O=C(O)c1cc(=O)n(S)c(=O)[nH]1. The summed E-state index contributed by atoms with van der Waals surface area (Å²) in [6.45, 7) is 0. The summed E-state index contributed by atoms with van der Waals surface area (Å²) in [6, 6.07) is 0.775. The van der Waals surface area contributed by atoms with Gasteiger partial charge in [0.05, 0.1) is 0 Å². The van der Waals surface area contributed by atoms with Crippen LogP contribution < -0.4 is 11.2 Å². The van der Waals surface area contributed by atoms with Crippen molar-refractivity contribution in [3.8, 4) is 0 Å². The van der Waals surface area contributed by atoms with Crippen LogP contribution in [0.2, 0.25) is 0 Å². The maximum absolute atomic E-state index is 10.8. The molecule has 1 aromatic rings. The van der Waals surface area contributed by atoms with Gasteiger partial charge in [-0.1, -0.05) is 12.8 Å². The summed E-state index contributed by atoms with van der Waals surface area (Å²) in [4.78, 5) is 33.7. The van der Waals surface area contributed by atoms with Crippen molar-refractivity contribution in [3.63, 3.8) is 0 Å². The molecule has 0 saturated carbocycles. The molecule has 0 amide bonds. The molecule has 0 radical (unpaired) electrons. The van der Waals surface area contributed by atoms with E-state index >= 15 is 0 Å². The zero-order valence-corrected chi connectivity index (χ0v) is 6.54. The first-order valence-electron chi connectivity index (χ1n) is 2.81. The van der Waals surface area contributed by atoms with Gasteiger partial charge in [0.1, 0.15) is 5.69 Å². The van der Waals surface area contributed by atoms with Gasteiger partial charge in [0.15, 0.2) is 0 Å². The van der Waals surface area contributed by atoms with Crippen LogP contribution in [-0.4, -0.2) is 20.0 Å². The Morgan fingerprint density at radius 3 is 2.58 bits per heavy atom. The number of carboxylic acids is 1. The third-order valence-electron chi connectivity index (χ3n) is 1.14. The first-order valence-corrected chi connectivity index (χ1v) is 3.21. The highest BCUT2D eigenvalue weighted by molar-refractivity contribution is 7.78.